The Morgan fingerprint density at radius 3 is 2.40 bits per heavy atom. The number of aryl methyl sites for hydroxylation is 1. The summed E-state index contributed by atoms with van der Waals surface area (Å²) >= 11 is 0. The van der Waals surface area contributed by atoms with Crippen LogP contribution in [0.25, 0.3) is 0 Å². The Morgan fingerprint density at radius 1 is 1.15 bits per heavy atom. The van der Waals surface area contributed by atoms with E-state index in [1.807, 2.05) is 6.92 Å². The summed E-state index contributed by atoms with van der Waals surface area (Å²) in [5.41, 5.74) is 0.373. The van der Waals surface area contributed by atoms with Crippen LogP contribution in [-0.4, -0.2) is 5.11 Å². The Kier molecular flexibility index (Phi) is 4.92. The van der Waals surface area contributed by atoms with E-state index in [-0.39, 0.29) is 17.0 Å². The number of aliphatic hydroxyl groups is 1. The van der Waals surface area contributed by atoms with Crippen molar-refractivity contribution in [1.82, 2.24) is 0 Å². The van der Waals surface area contributed by atoms with Gasteiger partial charge in [-0.15, -0.1) is 0 Å². The summed E-state index contributed by atoms with van der Waals surface area (Å²) in [6.07, 6.45) is 7.04. The number of hydrogen-bond donors (Lipinski definition) is 1. The molecule has 0 aliphatic heterocycles. The first-order chi connectivity index (χ1) is 9.54. The minimum Gasteiger partial charge on any atom is -0.388 e. The maximum atomic E-state index is 13.9. The van der Waals surface area contributed by atoms with Gasteiger partial charge in [0.05, 0.1) is 6.10 Å². The van der Waals surface area contributed by atoms with Crippen LogP contribution >= 0.6 is 0 Å². The van der Waals surface area contributed by atoms with Gasteiger partial charge in [-0.1, -0.05) is 24.3 Å². The maximum Gasteiger partial charge on any atom is 0.164 e. The lowest BCUT2D eigenvalue weighted by atomic mass is 9.77. The predicted molar refractivity (Wildman–Crippen MR) is 76.3 cm³/mol. The number of allylic oxidation sites excluding steroid dienone is 2. The summed E-state index contributed by atoms with van der Waals surface area (Å²) in [6.45, 7) is 3.53. The molecule has 1 nitrogen and oxygen atoms in total. The van der Waals surface area contributed by atoms with E-state index in [9.17, 15) is 13.9 Å². The zero-order valence-electron chi connectivity index (χ0n) is 12.1. The molecule has 1 aliphatic rings. The average Bonchev–Trinajstić information content (AvgIpc) is 2.45. The first-order valence-electron chi connectivity index (χ1n) is 7.30. The van der Waals surface area contributed by atoms with Gasteiger partial charge in [0.2, 0.25) is 0 Å². The van der Waals surface area contributed by atoms with Gasteiger partial charge in [-0.25, -0.2) is 8.78 Å². The van der Waals surface area contributed by atoms with E-state index >= 15 is 0 Å². The van der Waals surface area contributed by atoms with Crippen molar-refractivity contribution in [2.75, 3.05) is 0 Å². The number of hydrogen-bond acceptors (Lipinski definition) is 1. The molecule has 1 atom stereocenters. The normalized spacial score (nSPS) is 25.1. The predicted octanol–water partition coefficient (Wildman–Crippen LogP) is 4.69. The second-order valence-electron chi connectivity index (χ2n) is 5.75. The number of halogens is 2. The van der Waals surface area contributed by atoms with Crippen molar-refractivity contribution < 1.29 is 13.9 Å². The van der Waals surface area contributed by atoms with E-state index in [0.29, 0.717) is 5.92 Å². The topological polar surface area (TPSA) is 20.2 Å². The van der Waals surface area contributed by atoms with E-state index in [0.717, 1.165) is 25.7 Å². The van der Waals surface area contributed by atoms with Gasteiger partial charge >= 0.3 is 0 Å². The molecule has 1 N–H and O–H groups in total. The van der Waals surface area contributed by atoms with E-state index in [4.69, 9.17) is 0 Å². The maximum absolute atomic E-state index is 13.9. The lowest BCUT2D eigenvalue weighted by Crippen LogP contribution is -2.21. The van der Waals surface area contributed by atoms with Crippen LogP contribution in [0.3, 0.4) is 0 Å². The van der Waals surface area contributed by atoms with Gasteiger partial charge in [-0.2, -0.15) is 0 Å². The van der Waals surface area contributed by atoms with Gasteiger partial charge < -0.3 is 5.11 Å². The third-order valence-corrected chi connectivity index (χ3v) is 4.35. The summed E-state index contributed by atoms with van der Waals surface area (Å²) in [5.74, 6) is -1.16. The number of rotatable bonds is 3. The highest BCUT2D eigenvalue weighted by molar-refractivity contribution is 5.27. The first-order valence-corrected chi connectivity index (χ1v) is 7.30. The average molecular weight is 280 g/mol. The molecular weight excluding hydrogens is 258 g/mol. The van der Waals surface area contributed by atoms with Crippen molar-refractivity contribution in [3.8, 4) is 0 Å². The lowest BCUT2D eigenvalue weighted by molar-refractivity contribution is 0.0746. The summed E-state index contributed by atoms with van der Waals surface area (Å²) in [4.78, 5) is 0. The Labute approximate surface area is 119 Å². The molecule has 1 aliphatic carbocycles. The Morgan fingerprint density at radius 2 is 1.80 bits per heavy atom. The molecule has 1 saturated carbocycles. The minimum atomic E-state index is -0.906. The fourth-order valence-electron chi connectivity index (χ4n) is 3.07. The molecule has 0 saturated heterocycles. The quantitative estimate of drug-likeness (QED) is 0.796. The van der Waals surface area contributed by atoms with Gasteiger partial charge in [-0.3, -0.25) is 0 Å². The van der Waals surface area contributed by atoms with Gasteiger partial charge in [0, 0.05) is 5.56 Å². The SMILES string of the molecule is C/C=C/C1CCC(C(O)c2ccc(C)c(F)c2F)CC1. The molecule has 0 aromatic heterocycles. The molecule has 3 heteroatoms. The first kappa shape index (κ1) is 15.2. The van der Waals surface area contributed by atoms with Crippen LogP contribution in [0.1, 0.15) is 49.8 Å². The summed E-state index contributed by atoms with van der Waals surface area (Å²) in [6, 6.07) is 3.04. The van der Waals surface area contributed by atoms with Crippen molar-refractivity contribution >= 4 is 0 Å². The molecule has 2 rings (SSSR count). The standard InChI is InChI=1S/C17H22F2O/c1-3-4-12-6-8-13(9-7-12)17(20)14-10-5-11(2)15(18)16(14)19/h3-5,10,12-13,17,20H,6-9H2,1-2H3/b4-3+. The van der Waals surface area contributed by atoms with Crippen molar-refractivity contribution in [2.24, 2.45) is 11.8 Å². The van der Waals surface area contributed by atoms with Crippen LogP contribution in [0.4, 0.5) is 8.78 Å². The molecule has 0 bridgehead atoms. The van der Waals surface area contributed by atoms with Crippen molar-refractivity contribution in [3.05, 3.63) is 47.0 Å². The molecular formula is C17H22F2O. The Bertz CT molecular complexity index is 488. The summed E-state index contributed by atoms with van der Waals surface area (Å²) in [7, 11) is 0. The molecule has 0 spiro atoms. The van der Waals surface area contributed by atoms with Crippen LogP contribution in [0.15, 0.2) is 24.3 Å². The third-order valence-electron chi connectivity index (χ3n) is 4.35. The molecule has 1 fully saturated rings. The molecule has 110 valence electrons. The van der Waals surface area contributed by atoms with Crippen LogP contribution in [0, 0.1) is 30.4 Å². The third kappa shape index (κ3) is 3.09. The highest BCUT2D eigenvalue weighted by Gasteiger charge is 2.29. The van der Waals surface area contributed by atoms with Crippen molar-refractivity contribution in [2.45, 2.75) is 45.6 Å². The van der Waals surface area contributed by atoms with Crippen LogP contribution in [0.2, 0.25) is 0 Å². The van der Waals surface area contributed by atoms with E-state index < -0.39 is 17.7 Å². The van der Waals surface area contributed by atoms with Gasteiger partial charge in [0.1, 0.15) is 0 Å². The molecule has 20 heavy (non-hydrogen) atoms. The van der Waals surface area contributed by atoms with Gasteiger partial charge in [0.15, 0.2) is 11.6 Å². The van der Waals surface area contributed by atoms with Crippen LogP contribution in [-0.2, 0) is 0 Å². The minimum absolute atomic E-state index is 0.0214. The molecule has 0 heterocycles. The Hall–Kier alpha value is -1.22. The number of aliphatic hydroxyl groups excluding tert-OH is 1. The highest BCUT2D eigenvalue weighted by Crippen LogP contribution is 2.38. The summed E-state index contributed by atoms with van der Waals surface area (Å²) < 4.78 is 27.5. The van der Waals surface area contributed by atoms with Crippen molar-refractivity contribution in [1.29, 1.82) is 0 Å². The Balaban J connectivity index is 2.09. The second kappa shape index (κ2) is 6.49. The zero-order chi connectivity index (χ0) is 14.7. The summed E-state index contributed by atoms with van der Waals surface area (Å²) in [5, 5.41) is 10.3. The van der Waals surface area contributed by atoms with E-state index in [1.165, 1.54) is 19.1 Å². The van der Waals surface area contributed by atoms with Crippen LogP contribution < -0.4 is 0 Å². The molecule has 1 unspecified atom stereocenters. The molecule has 1 aromatic rings. The van der Waals surface area contributed by atoms with Gasteiger partial charge in [0.25, 0.3) is 0 Å². The molecule has 1 aromatic carbocycles. The number of benzene rings is 1. The lowest BCUT2D eigenvalue weighted by Gasteiger charge is -2.30. The van der Waals surface area contributed by atoms with E-state index in [2.05, 4.69) is 12.2 Å². The van der Waals surface area contributed by atoms with Gasteiger partial charge in [-0.05, 0) is 56.9 Å². The fourth-order valence-corrected chi connectivity index (χ4v) is 3.07. The van der Waals surface area contributed by atoms with E-state index in [1.54, 1.807) is 0 Å². The fraction of sp³-hybridized carbons (Fsp3) is 0.529. The zero-order valence-corrected chi connectivity index (χ0v) is 12.1. The highest BCUT2D eigenvalue weighted by atomic mass is 19.2. The van der Waals surface area contributed by atoms with Crippen molar-refractivity contribution in [3.63, 3.8) is 0 Å². The smallest absolute Gasteiger partial charge is 0.164 e. The molecule has 0 amide bonds. The van der Waals surface area contributed by atoms with Crippen LogP contribution in [0.5, 0.6) is 0 Å². The monoisotopic (exact) mass is 280 g/mol. The second-order valence-corrected chi connectivity index (χ2v) is 5.75. The largest absolute Gasteiger partial charge is 0.388 e. The molecule has 0 radical (unpaired) electrons.